The average Bonchev–Trinajstić information content (AvgIpc) is 2.18. The van der Waals surface area contributed by atoms with Crippen LogP contribution in [-0.4, -0.2) is 17.4 Å². The average molecular weight is 203 g/mol. The van der Waals surface area contributed by atoms with Gasteiger partial charge in [-0.2, -0.15) is 0 Å². The molecule has 4 heteroatoms. The molecule has 1 heterocycles. The second-order valence-corrected chi connectivity index (χ2v) is 3.08. The molecule has 0 atom stereocenters. The molecule has 3 N–H and O–H groups in total. The van der Waals surface area contributed by atoms with Crippen LogP contribution in [0.1, 0.15) is 18.3 Å². The van der Waals surface area contributed by atoms with Crippen LogP contribution in [0.25, 0.3) is 0 Å². The first-order valence-electron chi connectivity index (χ1n) is 4.56. The number of nitrogen functional groups attached to an aromatic ring is 1. The molecule has 0 radical (unpaired) electrons. The fraction of sp³-hybridized carbons (Fsp3) is 0.273. The van der Waals surface area contributed by atoms with Crippen molar-refractivity contribution in [2.75, 3.05) is 12.3 Å². The van der Waals surface area contributed by atoms with Crippen molar-refractivity contribution in [2.45, 2.75) is 13.8 Å². The van der Waals surface area contributed by atoms with Gasteiger partial charge in [-0.1, -0.05) is 5.92 Å². The molecule has 0 spiro atoms. The van der Waals surface area contributed by atoms with Gasteiger partial charge in [0.2, 0.25) is 5.91 Å². The van der Waals surface area contributed by atoms with Gasteiger partial charge >= 0.3 is 0 Å². The fourth-order valence-corrected chi connectivity index (χ4v) is 0.945. The maximum absolute atomic E-state index is 10.5. The van der Waals surface area contributed by atoms with E-state index in [1.165, 1.54) is 6.92 Å². The number of carbonyl (C=O) groups is 1. The lowest BCUT2D eigenvalue weighted by atomic mass is 10.3. The highest BCUT2D eigenvalue weighted by atomic mass is 16.1. The smallest absolute Gasteiger partial charge is 0.217 e. The maximum atomic E-state index is 10.5. The van der Waals surface area contributed by atoms with Gasteiger partial charge < -0.3 is 11.1 Å². The molecule has 0 fully saturated rings. The van der Waals surface area contributed by atoms with Crippen LogP contribution in [-0.2, 0) is 4.79 Å². The standard InChI is InChI=1S/C11H13N3O/c1-8-11(12)6-5-10(14-8)4-3-7-13-9(2)15/h5-6H,7,12H2,1-2H3,(H,13,15). The number of aryl methyl sites for hydroxylation is 1. The van der Waals surface area contributed by atoms with Gasteiger partial charge in [0.1, 0.15) is 5.69 Å². The number of anilines is 1. The van der Waals surface area contributed by atoms with E-state index in [2.05, 4.69) is 22.1 Å². The number of pyridine rings is 1. The summed E-state index contributed by atoms with van der Waals surface area (Å²) in [5, 5.41) is 2.58. The highest BCUT2D eigenvalue weighted by Crippen LogP contribution is 2.06. The number of nitrogens with zero attached hydrogens (tertiary/aromatic N) is 1. The van der Waals surface area contributed by atoms with Crippen LogP contribution in [0.3, 0.4) is 0 Å². The van der Waals surface area contributed by atoms with Gasteiger partial charge in [-0.3, -0.25) is 4.79 Å². The van der Waals surface area contributed by atoms with Crippen LogP contribution >= 0.6 is 0 Å². The molecule has 4 nitrogen and oxygen atoms in total. The van der Waals surface area contributed by atoms with Crippen molar-refractivity contribution in [1.29, 1.82) is 0 Å². The van der Waals surface area contributed by atoms with E-state index in [0.717, 1.165) is 5.69 Å². The third kappa shape index (κ3) is 3.69. The van der Waals surface area contributed by atoms with Gasteiger partial charge in [0.15, 0.2) is 0 Å². The third-order valence-corrected chi connectivity index (χ3v) is 1.77. The van der Waals surface area contributed by atoms with Crippen LogP contribution in [0.15, 0.2) is 12.1 Å². The van der Waals surface area contributed by atoms with E-state index in [9.17, 15) is 4.79 Å². The molecule has 0 unspecified atom stereocenters. The van der Waals surface area contributed by atoms with E-state index >= 15 is 0 Å². The van der Waals surface area contributed by atoms with Gasteiger partial charge in [0.05, 0.1) is 17.9 Å². The Bertz CT molecular complexity index is 429. The molecule has 15 heavy (non-hydrogen) atoms. The Morgan fingerprint density at radius 3 is 2.93 bits per heavy atom. The number of hydrogen-bond donors (Lipinski definition) is 2. The summed E-state index contributed by atoms with van der Waals surface area (Å²) >= 11 is 0. The first kappa shape index (κ1) is 11.1. The predicted octanol–water partition coefficient (Wildman–Crippen LogP) is 0.460. The zero-order valence-electron chi connectivity index (χ0n) is 8.79. The summed E-state index contributed by atoms with van der Waals surface area (Å²) in [5.74, 6) is 5.54. The van der Waals surface area contributed by atoms with Crippen molar-refractivity contribution >= 4 is 11.6 Å². The summed E-state index contributed by atoms with van der Waals surface area (Å²) in [6.07, 6.45) is 0. The van der Waals surface area contributed by atoms with E-state index in [0.29, 0.717) is 17.9 Å². The van der Waals surface area contributed by atoms with E-state index in [4.69, 9.17) is 5.73 Å². The largest absolute Gasteiger partial charge is 0.397 e. The molecular weight excluding hydrogens is 190 g/mol. The number of hydrogen-bond acceptors (Lipinski definition) is 3. The van der Waals surface area contributed by atoms with Crippen LogP contribution in [0.2, 0.25) is 0 Å². The molecule has 78 valence electrons. The molecule has 0 aliphatic rings. The van der Waals surface area contributed by atoms with Crippen molar-refractivity contribution in [3.8, 4) is 11.8 Å². The Kier molecular flexibility index (Phi) is 3.69. The second-order valence-electron chi connectivity index (χ2n) is 3.08. The fourth-order valence-electron chi connectivity index (χ4n) is 0.945. The van der Waals surface area contributed by atoms with Crippen molar-refractivity contribution in [3.05, 3.63) is 23.5 Å². The molecule has 0 aromatic carbocycles. The van der Waals surface area contributed by atoms with Crippen LogP contribution in [0, 0.1) is 18.8 Å². The third-order valence-electron chi connectivity index (χ3n) is 1.77. The van der Waals surface area contributed by atoms with Gasteiger partial charge in [0.25, 0.3) is 0 Å². The molecule has 1 aromatic rings. The number of carbonyl (C=O) groups excluding carboxylic acids is 1. The first-order chi connectivity index (χ1) is 7.09. The minimum atomic E-state index is -0.0919. The molecule has 0 aliphatic heterocycles. The summed E-state index contributed by atoms with van der Waals surface area (Å²) < 4.78 is 0. The number of aromatic nitrogens is 1. The SMILES string of the molecule is CC(=O)NCC#Cc1ccc(N)c(C)n1. The molecule has 0 saturated carbocycles. The van der Waals surface area contributed by atoms with Crippen molar-refractivity contribution in [3.63, 3.8) is 0 Å². The van der Waals surface area contributed by atoms with E-state index in [1.54, 1.807) is 12.1 Å². The molecule has 1 aromatic heterocycles. The summed E-state index contributed by atoms with van der Waals surface area (Å²) in [6.45, 7) is 3.61. The lowest BCUT2D eigenvalue weighted by Crippen LogP contribution is -2.19. The van der Waals surface area contributed by atoms with E-state index in [1.807, 2.05) is 6.92 Å². The molecule has 0 aliphatic carbocycles. The second kappa shape index (κ2) is 5.01. The Balaban J connectivity index is 2.64. The molecule has 1 amide bonds. The van der Waals surface area contributed by atoms with Crippen molar-refractivity contribution in [2.24, 2.45) is 0 Å². The summed E-state index contributed by atoms with van der Waals surface area (Å²) in [4.78, 5) is 14.7. The minimum Gasteiger partial charge on any atom is -0.397 e. The van der Waals surface area contributed by atoms with Crippen LogP contribution in [0.5, 0.6) is 0 Å². The van der Waals surface area contributed by atoms with Gasteiger partial charge in [0, 0.05) is 6.92 Å². The highest BCUT2D eigenvalue weighted by molar-refractivity contribution is 5.73. The Labute approximate surface area is 88.9 Å². The van der Waals surface area contributed by atoms with E-state index < -0.39 is 0 Å². The number of nitrogens with one attached hydrogen (secondary N) is 1. The summed E-state index contributed by atoms with van der Waals surface area (Å²) in [5.41, 5.74) is 7.70. The molecular formula is C11H13N3O. The molecule has 0 bridgehead atoms. The number of amides is 1. The highest BCUT2D eigenvalue weighted by Gasteiger charge is 1.94. The Morgan fingerprint density at radius 1 is 1.60 bits per heavy atom. The number of nitrogens with two attached hydrogens (primary N) is 1. The minimum absolute atomic E-state index is 0.0919. The Morgan fingerprint density at radius 2 is 2.33 bits per heavy atom. The van der Waals surface area contributed by atoms with Crippen molar-refractivity contribution in [1.82, 2.24) is 10.3 Å². The zero-order valence-corrected chi connectivity index (χ0v) is 8.79. The summed E-state index contributed by atoms with van der Waals surface area (Å²) in [7, 11) is 0. The topological polar surface area (TPSA) is 68.0 Å². The summed E-state index contributed by atoms with van der Waals surface area (Å²) in [6, 6.07) is 3.52. The molecule has 0 saturated heterocycles. The maximum Gasteiger partial charge on any atom is 0.217 e. The Hall–Kier alpha value is -2.02. The predicted molar refractivity (Wildman–Crippen MR) is 58.9 cm³/mol. The quantitative estimate of drug-likeness (QED) is 0.651. The van der Waals surface area contributed by atoms with Crippen molar-refractivity contribution < 1.29 is 4.79 Å². The van der Waals surface area contributed by atoms with Gasteiger partial charge in [-0.25, -0.2) is 4.98 Å². The monoisotopic (exact) mass is 203 g/mol. The first-order valence-corrected chi connectivity index (χ1v) is 4.56. The lowest BCUT2D eigenvalue weighted by Gasteiger charge is -1.97. The van der Waals surface area contributed by atoms with Crippen LogP contribution < -0.4 is 11.1 Å². The van der Waals surface area contributed by atoms with Crippen LogP contribution in [0.4, 0.5) is 5.69 Å². The number of rotatable bonds is 1. The normalized spacial score (nSPS) is 8.93. The van der Waals surface area contributed by atoms with Gasteiger partial charge in [-0.05, 0) is 25.0 Å². The zero-order chi connectivity index (χ0) is 11.3. The van der Waals surface area contributed by atoms with Gasteiger partial charge in [-0.15, -0.1) is 0 Å². The lowest BCUT2D eigenvalue weighted by molar-refractivity contribution is -0.118. The van der Waals surface area contributed by atoms with E-state index in [-0.39, 0.29) is 5.91 Å². The molecule has 1 rings (SSSR count).